The molecule has 4 nitrogen and oxygen atoms in total. The molecule has 74 valence electrons. The van der Waals surface area contributed by atoms with Gasteiger partial charge < -0.3 is 14.9 Å². The van der Waals surface area contributed by atoms with Gasteiger partial charge in [0.25, 0.3) is 0 Å². The van der Waals surface area contributed by atoms with Crippen molar-refractivity contribution in [1.82, 2.24) is 4.81 Å². The van der Waals surface area contributed by atoms with Gasteiger partial charge in [0.1, 0.15) is 0 Å². The van der Waals surface area contributed by atoms with E-state index in [2.05, 4.69) is 0 Å². The molecule has 0 aromatic rings. The van der Waals surface area contributed by atoms with Gasteiger partial charge in [-0.1, -0.05) is 0 Å². The van der Waals surface area contributed by atoms with Crippen LogP contribution in [0.1, 0.15) is 19.3 Å². The minimum absolute atomic E-state index is 0.271. The average molecular weight is 185 g/mol. The summed E-state index contributed by atoms with van der Waals surface area (Å²) in [5.41, 5.74) is 0. The molecule has 0 spiro atoms. The zero-order valence-corrected chi connectivity index (χ0v) is 7.94. The fraction of sp³-hybridized carbons (Fsp3) is 0.875. The fourth-order valence-electron chi connectivity index (χ4n) is 1.78. The molecule has 1 heterocycles. The lowest BCUT2D eigenvalue weighted by Gasteiger charge is -2.31. The molecule has 0 aromatic carbocycles. The number of aliphatic carboxylic acids is 1. The molecule has 0 amide bonds. The Bertz CT molecular complexity index is 178. The van der Waals surface area contributed by atoms with Gasteiger partial charge in [-0.3, -0.25) is 4.79 Å². The van der Waals surface area contributed by atoms with Crippen LogP contribution in [0.5, 0.6) is 0 Å². The van der Waals surface area contributed by atoms with Crippen LogP contribution in [-0.2, 0) is 4.79 Å². The summed E-state index contributed by atoms with van der Waals surface area (Å²) < 4.78 is 0. The summed E-state index contributed by atoms with van der Waals surface area (Å²) in [5, 5.41) is 17.8. The maximum atomic E-state index is 10.4. The third-order valence-corrected chi connectivity index (χ3v) is 2.64. The molecule has 0 aliphatic carbocycles. The number of carboxylic acid groups (broad SMARTS) is 1. The number of piperidine rings is 1. The maximum absolute atomic E-state index is 10.4. The normalized spacial score (nSPS) is 20.2. The van der Waals surface area contributed by atoms with Crippen LogP contribution >= 0.6 is 0 Å². The Hall–Kier alpha value is -0.545. The van der Waals surface area contributed by atoms with Crippen LogP contribution in [0.4, 0.5) is 0 Å². The van der Waals surface area contributed by atoms with E-state index in [1.165, 1.54) is 0 Å². The van der Waals surface area contributed by atoms with Crippen LogP contribution in [0.15, 0.2) is 0 Å². The second kappa shape index (κ2) is 4.62. The van der Waals surface area contributed by atoms with Gasteiger partial charge in [-0.25, -0.2) is 0 Å². The number of nitrogens with zero attached hydrogens (tertiary/aromatic N) is 1. The van der Waals surface area contributed by atoms with Crippen molar-refractivity contribution in [2.45, 2.75) is 26.1 Å². The summed E-state index contributed by atoms with van der Waals surface area (Å²) in [6, 6.07) is 0. The Kier molecular flexibility index (Phi) is 3.75. The number of rotatable bonds is 3. The molecular formula is C8H16BNO3. The van der Waals surface area contributed by atoms with Gasteiger partial charge in [0.2, 0.25) is 0 Å². The van der Waals surface area contributed by atoms with E-state index in [0.29, 0.717) is 5.92 Å². The molecule has 5 heteroatoms. The van der Waals surface area contributed by atoms with Crippen LogP contribution in [-0.4, -0.2) is 41.1 Å². The lowest BCUT2D eigenvalue weighted by Crippen LogP contribution is -2.43. The van der Waals surface area contributed by atoms with Crippen molar-refractivity contribution in [3.63, 3.8) is 0 Å². The van der Waals surface area contributed by atoms with Gasteiger partial charge in [-0.15, -0.1) is 0 Å². The molecule has 0 radical (unpaired) electrons. The minimum Gasteiger partial charge on any atom is -0.481 e. The van der Waals surface area contributed by atoms with Crippen molar-refractivity contribution in [3.8, 4) is 0 Å². The van der Waals surface area contributed by atoms with E-state index >= 15 is 0 Å². The summed E-state index contributed by atoms with van der Waals surface area (Å²) in [7, 11) is -0.397. The van der Waals surface area contributed by atoms with E-state index in [-0.39, 0.29) is 6.42 Å². The lowest BCUT2D eigenvalue weighted by molar-refractivity contribution is -0.138. The summed E-state index contributed by atoms with van der Waals surface area (Å²) in [4.78, 5) is 12.4. The highest BCUT2D eigenvalue weighted by Gasteiger charge is 2.24. The van der Waals surface area contributed by atoms with E-state index in [1.807, 2.05) is 4.81 Å². The molecule has 1 aliphatic heterocycles. The van der Waals surface area contributed by atoms with Gasteiger partial charge in [0.15, 0.2) is 0 Å². The topological polar surface area (TPSA) is 60.8 Å². The first-order valence-corrected chi connectivity index (χ1v) is 4.73. The van der Waals surface area contributed by atoms with Gasteiger partial charge in [0.05, 0.1) is 0 Å². The predicted molar refractivity (Wildman–Crippen MR) is 50.4 cm³/mol. The lowest BCUT2D eigenvalue weighted by atomic mass is 9.80. The van der Waals surface area contributed by atoms with Crippen molar-refractivity contribution in [2.75, 3.05) is 13.1 Å². The van der Waals surface area contributed by atoms with Crippen LogP contribution < -0.4 is 0 Å². The Morgan fingerprint density at radius 1 is 1.54 bits per heavy atom. The molecule has 2 N–H and O–H groups in total. The first-order valence-electron chi connectivity index (χ1n) is 4.73. The van der Waals surface area contributed by atoms with E-state index < -0.39 is 13.0 Å². The highest BCUT2D eigenvalue weighted by molar-refractivity contribution is 6.45. The zero-order chi connectivity index (χ0) is 9.84. The first kappa shape index (κ1) is 10.5. The molecule has 0 saturated carbocycles. The minimum atomic E-state index is -0.713. The number of carbonyl (C=O) groups is 1. The first-order chi connectivity index (χ1) is 6.09. The summed E-state index contributed by atoms with van der Waals surface area (Å²) in [6.07, 6.45) is 2.04. The van der Waals surface area contributed by atoms with Crippen LogP contribution in [0.2, 0.25) is 6.82 Å². The van der Waals surface area contributed by atoms with Gasteiger partial charge in [-0.2, -0.15) is 0 Å². The van der Waals surface area contributed by atoms with E-state index in [4.69, 9.17) is 5.11 Å². The standard InChI is InChI=1S/C8H16BNO3/c1-9(13)10-4-2-7(3-5-10)6-8(11)12/h7,13H,2-6H2,1H3,(H,11,12). The van der Waals surface area contributed by atoms with Gasteiger partial charge >= 0.3 is 13.0 Å². The third-order valence-electron chi connectivity index (χ3n) is 2.64. The molecule has 1 rings (SSSR count). The summed E-state index contributed by atoms with van der Waals surface area (Å²) >= 11 is 0. The summed E-state index contributed by atoms with van der Waals surface area (Å²) in [5.74, 6) is -0.414. The van der Waals surface area contributed by atoms with E-state index in [0.717, 1.165) is 25.9 Å². The smallest absolute Gasteiger partial charge is 0.376 e. The number of hydrogen-bond donors (Lipinski definition) is 2. The SMILES string of the molecule is CB(O)N1CCC(CC(=O)O)CC1. The number of carboxylic acids is 1. The van der Waals surface area contributed by atoms with Crippen LogP contribution in [0.25, 0.3) is 0 Å². The van der Waals surface area contributed by atoms with Crippen LogP contribution in [0.3, 0.4) is 0 Å². The molecule has 1 saturated heterocycles. The van der Waals surface area contributed by atoms with Gasteiger partial charge in [-0.05, 0) is 38.7 Å². The van der Waals surface area contributed by atoms with Crippen molar-refractivity contribution in [1.29, 1.82) is 0 Å². The Morgan fingerprint density at radius 2 is 2.08 bits per heavy atom. The van der Waals surface area contributed by atoms with Crippen molar-refractivity contribution >= 4 is 13.0 Å². The van der Waals surface area contributed by atoms with Gasteiger partial charge in [0, 0.05) is 6.42 Å². The molecule has 1 aliphatic rings. The molecule has 13 heavy (non-hydrogen) atoms. The average Bonchev–Trinajstić information content (AvgIpc) is 2.04. The Morgan fingerprint density at radius 3 is 2.46 bits per heavy atom. The van der Waals surface area contributed by atoms with Crippen molar-refractivity contribution in [2.24, 2.45) is 5.92 Å². The molecular weight excluding hydrogens is 169 g/mol. The zero-order valence-electron chi connectivity index (χ0n) is 7.94. The molecule has 0 aromatic heterocycles. The van der Waals surface area contributed by atoms with Crippen molar-refractivity contribution < 1.29 is 14.9 Å². The second-order valence-corrected chi connectivity index (χ2v) is 3.71. The molecule has 0 atom stereocenters. The van der Waals surface area contributed by atoms with E-state index in [9.17, 15) is 9.82 Å². The monoisotopic (exact) mass is 185 g/mol. The number of hydrogen-bond acceptors (Lipinski definition) is 3. The van der Waals surface area contributed by atoms with E-state index in [1.54, 1.807) is 6.82 Å². The Labute approximate surface area is 78.7 Å². The Balaban J connectivity index is 2.26. The third kappa shape index (κ3) is 3.36. The quantitative estimate of drug-likeness (QED) is 0.620. The predicted octanol–water partition coefficient (Wildman–Crippen LogP) is 0.283. The second-order valence-electron chi connectivity index (χ2n) is 3.71. The fourth-order valence-corrected chi connectivity index (χ4v) is 1.78. The van der Waals surface area contributed by atoms with Crippen LogP contribution in [0, 0.1) is 5.92 Å². The van der Waals surface area contributed by atoms with Crippen molar-refractivity contribution in [3.05, 3.63) is 0 Å². The summed E-state index contributed by atoms with van der Waals surface area (Å²) in [6.45, 7) is 3.38. The molecule has 0 unspecified atom stereocenters. The molecule has 0 bridgehead atoms. The molecule has 1 fully saturated rings. The highest BCUT2D eigenvalue weighted by atomic mass is 16.4. The highest BCUT2D eigenvalue weighted by Crippen LogP contribution is 2.20. The maximum Gasteiger partial charge on any atom is 0.376 e. The largest absolute Gasteiger partial charge is 0.481 e.